The van der Waals surface area contributed by atoms with Gasteiger partial charge in [0.1, 0.15) is 0 Å². The lowest BCUT2D eigenvalue weighted by atomic mass is 9.77. The average molecular weight is 528 g/mol. The molecule has 1 aliphatic heterocycles. The highest BCUT2D eigenvalue weighted by atomic mass is 32.2. The molecule has 0 radical (unpaired) electrons. The lowest BCUT2D eigenvalue weighted by Gasteiger charge is -2.38. The van der Waals surface area contributed by atoms with Crippen LogP contribution in [0.3, 0.4) is 0 Å². The largest absolute Gasteiger partial charge is 0.378 e. The smallest absolute Gasteiger partial charge is 0.243 e. The quantitative estimate of drug-likeness (QED) is 0.242. The Hall–Kier alpha value is -3.09. The van der Waals surface area contributed by atoms with Crippen molar-refractivity contribution in [2.45, 2.75) is 63.4 Å². The van der Waals surface area contributed by atoms with E-state index in [4.69, 9.17) is 0 Å². The van der Waals surface area contributed by atoms with Crippen molar-refractivity contribution in [3.05, 3.63) is 83.9 Å². The van der Waals surface area contributed by atoms with Crippen LogP contribution in [0.25, 0.3) is 21.8 Å². The maximum Gasteiger partial charge on any atom is 0.243 e. The summed E-state index contributed by atoms with van der Waals surface area (Å²) in [6.07, 6.45) is 7.14. The Bertz CT molecular complexity index is 1630. The zero-order chi connectivity index (χ0) is 26.4. The standard InChI is InChI=1S/C32H37N3O2S/c1-4-18-34(19-5-2)38(36,37)23-15-16-29-27(21-23)24-11-9-12-26(24)32(33-29)22-14-17-31-28(20-22)25-10-7-8-13-30(25)35(31)6-3/h7-11,13-17,20-21,24,26,32-33H,4-6,12,18-19H2,1-3H3. The third-order valence-electron chi connectivity index (χ3n) is 8.39. The van der Waals surface area contributed by atoms with Gasteiger partial charge < -0.3 is 9.88 Å². The lowest BCUT2D eigenvalue weighted by Crippen LogP contribution is -2.33. The number of aromatic nitrogens is 1. The van der Waals surface area contributed by atoms with Crippen molar-refractivity contribution < 1.29 is 8.42 Å². The van der Waals surface area contributed by atoms with E-state index in [-0.39, 0.29) is 12.0 Å². The van der Waals surface area contributed by atoms with Gasteiger partial charge in [-0.2, -0.15) is 4.31 Å². The highest BCUT2D eigenvalue weighted by Gasteiger charge is 2.39. The fourth-order valence-electron chi connectivity index (χ4n) is 6.67. The second-order valence-corrected chi connectivity index (χ2v) is 12.6. The summed E-state index contributed by atoms with van der Waals surface area (Å²) in [5, 5.41) is 6.41. The number of benzene rings is 3. The molecule has 0 fully saturated rings. The van der Waals surface area contributed by atoms with Gasteiger partial charge in [-0.3, -0.25) is 0 Å². The lowest BCUT2D eigenvalue weighted by molar-refractivity contribution is 0.409. The number of sulfonamides is 1. The summed E-state index contributed by atoms with van der Waals surface area (Å²) in [6, 6.07) is 21.4. The van der Waals surface area contributed by atoms with Gasteiger partial charge in [-0.05, 0) is 79.6 Å². The van der Waals surface area contributed by atoms with E-state index in [0.717, 1.165) is 37.1 Å². The van der Waals surface area contributed by atoms with Gasteiger partial charge in [-0.25, -0.2) is 8.42 Å². The van der Waals surface area contributed by atoms with Gasteiger partial charge in [-0.15, -0.1) is 0 Å². The predicted octanol–water partition coefficient (Wildman–Crippen LogP) is 7.45. The summed E-state index contributed by atoms with van der Waals surface area (Å²) < 4.78 is 31.1. The van der Waals surface area contributed by atoms with Crippen molar-refractivity contribution in [2.24, 2.45) is 5.92 Å². The number of para-hydroxylation sites is 1. The van der Waals surface area contributed by atoms with Crippen LogP contribution in [0.2, 0.25) is 0 Å². The number of anilines is 1. The van der Waals surface area contributed by atoms with E-state index in [1.165, 1.54) is 27.4 Å². The summed E-state index contributed by atoms with van der Waals surface area (Å²) in [5.41, 5.74) is 5.97. The molecule has 198 valence electrons. The first-order valence-electron chi connectivity index (χ1n) is 14.1. The molecule has 2 heterocycles. The van der Waals surface area contributed by atoms with Crippen molar-refractivity contribution in [2.75, 3.05) is 18.4 Å². The number of hydrogen-bond donors (Lipinski definition) is 1. The third kappa shape index (κ3) is 3.97. The SMILES string of the molecule is CCCN(CCC)S(=O)(=O)c1ccc2c(c1)C1C=CCC1C(c1ccc3c(c1)c1ccccc1n3CC)N2. The second kappa shape index (κ2) is 9.90. The minimum Gasteiger partial charge on any atom is -0.378 e. The van der Waals surface area contributed by atoms with E-state index in [1.807, 2.05) is 26.0 Å². The molecular weight excluding hydrogens is 490 g/mol. The van der Waals surface area contributed by atoms with Crippen molar-refractivity contribution >= 4 is 37.5 Å². The van der Waals surface area contributed by atoms with Crippen molar-refractivity contribution in [1.29, 1.82) is 0 Å². The molecule has 38 heavy (non-hydrogen) atoms. The number of rotatable bonds is 8. The Morgan fingerprint density at radius 1 is 0.921 bits per heavy atom. The van der Waals surface area contributed by atoms with Crippen molar-refractivity contribution in [3.8, 4) is 0 Å². The molecule has 1 N–H and O–H groups in total. The molecule has 0 amide bonds. The molecule has 2 aliphatic rings. The fraction of sp³-hybridized carbons (Fsp3) is 0.375. The van der Waals surface area contributed by atoms with Gasteiger partial charge in [0.05, 0.1) is 10.9 Å². The van der Waals surface area contributed by atoms with Gasteiger partial charge in [0.15, 0.2) is 0 Å². The maximum absolute atomic E-state index is 13.5. The Morgan fingerprint density at radius 2 is 1.68 bits per heavy atom. The van der Waals surface area contributed by atoms with Crippen LogP contribution in [0, 0.1) is 5.92 Å². The molecular formula is C32H37N3O2S. The molecule has 3 unspecified atom stereocenters. The summed E-state index contributed by atoms with van der Waals surface area (Å²) in [5.74, 6) is 0.546. The van der Waals surface area contributed by atoms with Gasteiger partial charge in [0, 0.05) is 53.0 Å². The number of fused-ring (bicyclic) bond motifs is 6. The Balaban J connectivity index is 1.40. The molecule has 1 aliphatic carbocycles. The predicted molar refractivity (Wildman–Crippen MR) is 157 cm³/mol. The molecule has 0 spiro atoms. The van der Waals surface area contributed by atoms with Gasteiger partial charge in [-0.1, -0.05) is 50.3 Å². The average Bonchev–Trinajstić information content (AvgIpc) is 3.55. The molecule has 5 nitrogen and oxygen atoms in total. The molecule has 1 aromatic heterocycles. The molecule has 4 aromatic rings. The first-order valence-corrected chi connectivity index (χ1v) is 15.5. The van der Waals surface area contributed by atoms with Gasteiger partial charge in [0.2, 0.25) is 10.0 Å². The summed E-state index contributed by atoms with van der Waals surface area (Å²) in [7, 11) is -3.52. The molecule has 0 bridgehead atoms. The van der Waals surface area contributed by atoms with E-state index in [1.54, 1.807) is 10.4 Å². The number of nitrogens with one attached hydrogen (secondary N) is 1. The van der Waals surface area contributed by atoms with E-state index in [0.29, 0.717) is 23.9 Å². The van der Waals surface area contributed by atoms with E-state index >= 15 is 0 Å². The topological polar surface area (TPSA) is 54.3 Å². The number of nitrogens with zero attached hydrogens (tertiary/aromatic N) is 2. The first-order chi connectivity index (χ1) is 18.5. The van der Waals surface area contributed by atoms with Crippen LogP contribution in [-0.2, 0) is 16.6 Å². The molecule has 0 saturated carbocycles. The van der Waals surface area contributed by atoms with Crippen LogP contribution in [0.15, 0.2) is 77.7 Å². The highest BCUT2D eigenvalue weighted by Crippen LogP contribution is 2.50. The highest BCUT2D eigenvalue weighted by molar-refractivity contribution is 7.89. The minimum absolute atomic E-state index is 0.162. The van der Waals surface area contributed by atoms with Crippen LogP contribution in [0.4, 0.5) is 5.69 Å². The van der Waals surface area contributed by atoms with Crippen LogP contribution in [0.5, 0.6) is 0 Å². The molecule has 3 aromatic carbocycles. The first kappa shape index (κ1) is 25.2. The Morgan fingerprint density at radius 3 is 2.45 bits per heavy atom. The van der Waals surface area contributed by atoms with E-state index < -0.39 is 10.0 Å². The molecule has 0 saturated heterocycles. The zero-order valence-electron chi connectivity index (χ0n) is 22.5. The fourth-order valence-corrected chi connectivity index (χ4v) is 8.33. The van der Waals surface area contributed by atoms with Crippen LogP contribution < -0.4 is 5.32 Å². The van der Waals surface area contributed by atoms with Gasteiger partial charge in [0.25, 0.3) is 0 Å². The van der Waals surface area contributed by atoms with Crippen LogP contribution >= 0.6 is 0 Å². The van der Waals surface area contributed by atoms with Gasteiger partial charge >= 0.3 is 0 Å². The van der Waals surface area contributed by atoms with E-state index in [2.05, 4.69) is 71.4 Å². The minimum atomic E-state index is -3.52. The maximum atomic E-state index is 13.5. The Labute approximate surface area is 226 Å². The summed E-state index contributed by atoms with van der Waals surface area (Å²) in [4.78, 5) is 0.409. The third-order valence-corrected chi connectivity index (χ3v) is 10.3. The van der Waals surface area contributed by atoms with Crippen molar-refractivity contribution in [1.82, 2.24) is 8.87 Å². The zero-order valence-corrected chi connectivity index (χ0v) is 23.3. The van der Waals surface area contributed by atoms with Crippen molar-refractivity contribution in [3.63, 3.8) is 0 Å². The van der Waals surface area contributed by atoms with Crippen LogP contribution in [0.1, 0.15) is 63.1 Å². The normalized spacial score (nSPS) is 20.7. The number of aryl methyl sites for hydroxylation is 1. The second-order valence-electron chi connectivity index (χ2n) is 10.7. The van der Waals surface area contributed by atoms with Crippen LogP contribution in [-0.4, -0.2) is 30.4 Å². The molecule has 6 rings (SSSR count). The number of allylic oxidation sites excluding steroid dienone is 2. The molecule has 6 heteroatoms. The molecule has 3 atom stereocenters. The summed E-state index contributed by atoms with van der Waals surface area (Å²) in [6.45, 7) is 8.30. The monoisotopic (exact) mass is 527 g/mol. The summed E-state index contributed by atoms with van der Waals surface area (Å²) >= 11 is 0. The van der Waals surface area contributed by atoms with E-state index in [9.17, 15) is 8.42 Å². The number of hydrogen-bond acceptors (Lipinski definition) is 3. The Kier molecular flexibility index (Phi) is 6.57.